The summed E-state index contributed by atoms with van der Waals surface area (Å²) in [6.07, 6.45) is 0.563. The molecule has 0 aliphatic carbocycles. The smallest absolute Gasteiger partial charge is 0.221 e. The second-order valence-electron chi connectivity index (χ2n) is 4.98. The highest BCUT2D eigenvalue weighted by molar-refractivity contribution is 7.10. The number of hydrogen-bond acceptors (Lipinski definition) is 2. The number of rotatable bonds is 2. The van der Waals surface area contributed by atoms with Crippen molar-refractivity contribution in [2.75, 3.05) is 0 Å². The van der Waals surface area contributed by atoms with Gasteiger partial charge in [-0.25, -0.2) is 0 Å². The highest BCUT2D eigenvalue weighted by Gasteiger charge is 2.45. The number of amides is 1. The molecule has 2 unspecified atom stereocenters. The minimum Gasteiger partial charge on any atom is -0.348 e. The van der Waals surface area contributed by atoms with Crippen molar-refractivity contribution in [3.05, 3.63) is 58.3 Å². The van der Waals surface area contributed by atoms with E-state index < -0.39 is 0 Å². The van der Waals surface area contributed by atoms with Gasteiger partial charge in [-0.3, -0.25) is 4.79 Å². The molecule has 18 heavy (non-hydrogen) atoms. The van der Waals surface area contributed by atoms with E-state index in [0.717, 1.165) is 0 Å². The molecule has 1 N–H and O–H groups in total. The number of benzene rings is 1. The van der Waals surface area contributed by atoms with Crippen molar-refractivity contribution < 1.29 is 4.79 Å². The molecule has 2 heterocycles. The molecule has 1 aromatic heterocycles. The first-order chi connectivity index (χ1) is 8.70. The SMILES string of the molecule is CC1(c2cccs2)CC(=O)NC1c1ccccc1. The molecule has 2 atom stereocenters. The summed E-state index contributed by atoms with van der Waals surface area (Å²) in [7, 11) is 0. The van der Waals surface area contributed by atoms with Gasteiger partial charge in [-0.1, -0.05) is 43.3 Å². The molecule has 2 nitrogen and oxygen atoms in total. The first-order valence-electron chi connectivity index (χ1n) is 6.08. The predicted octanol–water partition coefficient (Wildman–Crippen LogP) is 3.27. The molecule has 1 amide bonds. The van der Waals surface area contributed by atoms with Gasteiger partial charge in [0.2, 0.25) is 5.91 Å². The molecule has 3 rings (SSSR count). The highest BCUT2D eigenvalue weighted by Crippen LogP contribution is 2.45. The first-order valence-corrected chi connectivity index (χ1v) is 6.96. The van der Waals surface area contributed by atoms with Crippen LogP contribution < -0.4 is 5.32 Å². The van der Waals surface area contributed by atoms with Crippen molar-refractivity contribution in [2.24, 2.45) is 0 Å². The normalized spacial score (nSPS) is 27.2. The van der Waals surface area contributed by atoms with E-state index in [2.05, 4.69) is 41.9 Å². The van der Waals surface area contributed by atoms with Gasteiger partial charge in [0.25, 0.3) is 0 Å². The summed E-state index contributed by atoms with van der Waals surface area (Å²) >= 11 is 1.73. The molecule has 0 saturated carbocycles. The van der Waals surface area contributed by atoms with Crippen LogP contribution in [-0.2, 0) is 10.2 Å². The van der Waals surface area contributed by atoms with E-state index in [1.807, 2.05) is 18.2 Å². The summed E-state index contributed by atoms with van der Waals surface area (Å²) in [5.74, 6) is 0.139. The Morgan fingerprint density at radius 1 is 1.22 bits per heavy atom. The molecule has 1 aliphatic rings. The van der Waals surface area contributed by atoms with Gasteiger partial charge in [0.05, 0.1) is 6.04 Å². The van der Waals surface area contributed by atoms with Crippen LogP contribution in [0.15, 0.2) is 47.8 Å². The lowest BCUT2D eigenvalue weighted by atomic mass is 9.78. The highest BCUT2D eigenvalue weighted by atomic mass is 32.1. The second-order valence-corrected chi connectivity index (χ2v) is 5.93. The zero-order chi connectivity index (χ0) is 12.6. The standard InChI is InChI=1S/C15H15NOS/c1-15(12-8-5-9-18-12)10-13(17)16-14(15)11-6-3-2-4-7-11/h2-9,14H,10H2,1H3,(H,16,17). The third-order valence-electron chi connectivity index (χ3n) is 3.69. The van der Waals surface area contributed by atoms with Crippen LogP contribution in [0.3, 0.4) is 0 Å². The van der Waals surface area contributed by atoms with Crippen LogP contribution in [-0.4, -0.2) is 5.91 Å². The van der Waals surface area contributed by atoms with Gasteiger partial charge in [0, 0.05) is 16.7 Å². The van der Waals surface area contributed by atoms with E-state index >= 15 is 0 Å². The Labute approximate surface area is 111 Å². The predicted molar refractivity (Wildman–Crippen MR) is 73.6 cm³/mol. The number of thiophene rings is 1. The van der Waals surface area contributed by atoms with Crippen molar-refractivity contribution in [3.8, 4) is 0 Å². The Bertz CT molecular complexity index is 549. The minimum absolute atomic E-state index is 0.0739. The summed E-state index contributed by atoms with van der Waals surface area (Å²) in [5, 5.41) is 5.19. The number of nitrogens with one attached hydrogen (secondary N) is 1. The molecule has 92 valence electrons. The molecule has 0 spiro atoms. The summed E-state index contributed by atoms with van der Waals surface area (Å²) in [5.41, 5.74) is 1.05. The van der Waals surface area contributed by atoms with E-state index in [9.17, 15) is 4.79 Å². The van der Waals surface area contributed by atoms with Crippen LogP contribution in [0.5, 0.6) is 0 Å². The topological polar surface area (TPSA) is 29.1 Å². The second kappa shape index (κ2) is 4.25. The maximum Gasteiger partial charge on any atom is 0.221 e. The molecule has 2 aromatic rings. The fourth-order valence-corrected chi connectivity index (χ4v) is 3.66. The van der Waals surface area contributed by atoms with Crippen molar-refractivity contribution in [1.29, 1.82) is 0 Å². The Balaban J connectivity index is 2.05. The van der Waals surface area contributed by atoms with Crippen LogP contribution in [0.1, 0.15) is 29.8 Å². The Hall–Kier alpha value is -1.61. The van der Waals surface area contributed by atoms with E-state index in [1.54, 1.807) is 11.3 Å². The summed E-state index contributed by atoms with van der Waals surface area (Å²) in [6.45, 7) is 2.17. The van der Waals surface area contributed by atoms with E-state index in [4.69, 9.17) is 0 Å². The maximum atomic E-state index is 11.8. The molecule has 3 heteroatoms. The monoisotopic (exact) mass is 257 g/mol. The molecule has 1 aromatic carbocycles. The van der Waals surface area contributed by atoms with Crippen LogP contribution in [0, 0.1) is 0 Å². The minimum atomic E-state index is -0.132. The number of hydrogen-bond donors (Lipinski definition) is 1. The molecular formula is C15H15NOS. The summed E-state index contributed by atoms with van der Waals surface area (Å²) < 4.78 is 0. The van der Waals surface area contributed by atoms with Crippen LogP contribution >= 0.6 is 11.3 Å². The van der Waals surface area contributed by atoms with Gasteiger partial charge in [0.1, 0.15) is 0 Å². The molecule has 1 saturated heterocycles. The quantitative estimate of drug-likeness (QED) is 0.879. The van der Waals surface area contributed by atoms with E-state index in [1.165, 1.54) is 10.4 Å². The zero-order valence-corrected chi connectivity index (χ0v) is 11.0. The Kier molecular flexibility index (Phi) is 2.71. The lowest BCUT2D eigenvalue weighted by molar-refractivity contribution is -0.119. The summed E-state index contributed by atoms with van der Waals surface area (Å²) in [6, 6.07) is 14.5. The lowest BCUT2D eigenvalue weighted by Gasteiger charge is -2.29. The zero-order valence-electron chi connectivity index (χ0n) is 10.2. The average Bonchev–Trinajstić information content (AvgIpc) is 2.99. The Morgan fingerprint density at radius 3 is 2.67 bits per heavy atom. The largest absolute Gasteiger partial charge is 0.348 e. The molecular weight excluding hydrogens is 242 g/mol. The molecule has 0 bridgehead atoms. The van der Waals surface area contributed by atoms with Gasteiger partial charge in [-0.05, 0) is 17.0 Å². The fraction of sp³-hybridized carbons (Fsp3) is 0.267. The van der Waals surface area contributed by atoms with Crippen LogP contribution in [0.25, 0.3) is 0 Å². The van der Waals surface area contributed by atoms with Gasteiger partial charge < -0.3 is 5.32 Å². The van der Waals surface area contributed by atoms with Crippen LogP contribution in [0.2, 0.25) is 0 Å². The van der Waals surface area contributed by atoms with E-state index in [-0.39, 0.29) is 17.4 Å². The first kappa shape index (κ1) is 11.5. The van der Waals surface area contributed by atoms with Gasteiger partial charge in [-0.2, -0.15) is 0 Å². The van der Waals surface area contributed by atoms with Gasteiger partial charge >= 0.3 is 0 Å². The third-order valence-corrected chi connectivity index (χ3v) is 4.84. The van der Waals surface area contributed by atoms with Crippen molar-refractivity contribution in [2.45, 2.75) is 24.8 Å². The van der Waals surface area contributed by atoms with Crippen LogP contribution in [0.4, 0.5) is 0 Å². The average molecular weight is 257 g/mol. The Morgan fingerprint density at radius 2 is 2.00 bits per heavy atom. The number of carbonyl (C=O) groups is 1. The van der Waals surface area contributed by atoms with Gasteiger partial charge in [-0.15, -0.1) is 11.3 Å². The third kappa shape index (κ3) is 1.75. The molecule has 1 aliphatic heterocycles. The van der Waals surface area contributed by atoms with E-state index in [0.29, 0.717) is 6.42 Å². The van der Waals surface area contributed by atoms with Gasteiger partial charge in [0.15, 0.2) is 0 Å². The van der Waals surface area contributed by atoms with Crippen molar-refractivity contribution >= 4 is 17.2 Å². The maximum absolute atomic E-state index is 11.8. The fourth-order valence-electron chi connectivity index (χ4n) is 2.74. The molecule has 1 fully saturated rings. The van der Waals surface area contributed by atoms with Crippen molar-refractivity contribution in [1.82, 2.24) is 5.32 Å². The summed E-state index contributed by atoms with van der Waals surface area (Å²) in [4.78, 5) is 13.1. The van der Waals surface area contributed by atoms with Crippen molar-refractivity contribution in [3.63, 3.8) is 0 Å². The number of carbonyl (C=O) groups excluding carboxylic acids is 1. The molecule has 0 radical (unpaired) electrons. The lowest BCUT2D eigenvalue weighted by Crippen LogP contribution is -2.29.